The van der Waals surface area contributed by atoms with E-state index in [2.05, 4.69) is 10.6 Å². The second-order valence-corrected chi connectivity index (χ2v) is 7.11. The fraction of sp³-hybridized carbons (Fsp3) is 0.882. The summed E-state index contributed by atoms with van der Waals surface area (Å²) in [4.78, 5) is 25.5. The first-order valence-corrected chi connectivity index (χ1v) is 9.03. The Morgan fingerprint density at radius 1 is 1.08 bits per heavy atom. The molecule has 1 aliphatic carbocycles. The van der Waals surface area contributed by atoms with Gasteiger partial charge in [0.05, 0.1) is 25.2 Å². The highest BCUT2D eigenvalue weighted by Gasteiger charge is 2.33. The molecule has 1 saturated carbocycles. The van der Waals surface area contributed by atoms with E-state index in [0.717, 1.165) is 12.8 Å². The minimum Gasteiger partial charge on any atom is -0.394 e. The van der Waals surface area contributed by atoms with Crippen molar-refractivity contribution in [1.29, 1.82) is 0 Å². The molecule has 0 spiro atoms. The molecule has 0 aromatic heterocycles. The highest BCUT2D eigenvalue weighted by atomic mass is 16.5. The van der Waals surface area contributed by atoms with Gasteiger partial charge in [-0.15, -0.1) is 0 Å². The Kier molecular flexibility index (Phi) is 7.30. The molecule has 0 radical (unpaired) electrons. The summed E-state index contributed by atoms with van der Waals surface area (Å²) in [5.41, 5.74) is 0. The number of carbonyl (C=O) groups excluding carboxylic acids is 2. The minimum absolute atomic E-state index is 0.0122. The van der Waals surface area contributed by atoms with E-state index in [9.17, 15) is 14.7 Å². The third kappa shape index (κ3) is 5.63. The Morgan fingerprint density at radius 2 is 1.79 bits per heavy atom. The van der Waals surface area contributed by atoms with E-state index < -0.39 is 6.10 Å². The summed E-state index contributed by atoms with van der Waals surface area (Å²) in [6, 6.07) is -0.151. The number of nitrogens with zero attached hydrogens (tertiary/aromatic N) is 1. The Morgan fingerprint density at radius 3 is 2.42 bits per heavy atom. The summed E-state index contributed by atoms with van der Waals surface area (Å²) in [5.74, 6) is 0.0122. The first kappa shape index (κ1) is 19.0. The van der Waals surface area contributed by atoms with Crippen molar-refractivity contribution in [3.63, 3.8) is 0 Å². The van der Waals surface area contributed by atoms with Crippen LogP contribution in [0.5, 0.6) is 0 Å². The molecule has 0 unspecified atom stereocenters. The number of urea groups is 1. The van der Waals surface area contributed by atoms with Crippen LogP contribution in [-0.2, 0) is 9.53 Å². The third-order valence-corrected chi connectivity index (χ3v) is 4.95. The van der Waals surface area contributed by atoms with Crippen molar-refractivity contribution in [3.05, 3.63) is 0 Å². The molecule has 1 heterocycles. The molecule has 7 nitrogen and oxygen atoms in total. The Bertz CT molecular complexity index is 424. The summed E-state index contributed by atoms with van der Waals surface area (Å²) < 4.78 is 5.82. The van der Waals surface area contributed by atoms with Crippen LogP contribution in [-0.4, -0.2) is 66.9 Å². The molecule has 0 aromatic carbocycles. The summed E-state index contributed by atoms with van der Waals surface area (Å²) >= 11 is 0. The quantitative estimate of drug-likeness (QED) is 0.696. The van der Waals surface area contributed by atoms with Gasteiger partial charge in [0, 0.05) is 20.1 Å². The monoisotopic (exact) mass is 341 g/mol. The number of ether oxygens (including phenoxy) is 1. The lowest BCUT2D eigenvalue weighted by atomic mass is 9.95. The van der Waals surface area contributed by atoms with E-state index in [1.165, 1.54) is 19.3 Å². The van der Waals surface area contributed by atoms with Crippen LogP contribution in [0.25, 0.3) is 0 Å². The molecule has 1 saturated heterocycles. The van der Waals surface area contributed by atoms with E-state index in [1.807, 2.05) is 0 Å². The molecular weight excluding hydrogens is 310 g/mol. The van der Waals surface area contributed by atoms with E-state index >= 15 is 0 Å². The van der Waals surface area contributed by atoms with Crippen LogP contribution in [0, 0.1) is 0 Å². The molecule has 1 aliphatic heterocycles. The normalized spacial score (nSPS) is 28.2. The van der Waals surface area contributed by atoms with Gasteiger partial charge in [0.1, 0.15) is 6.10 Å². The van der Waals surface area contributed by atoms with Crippen LogP contribution in [0.4, 0.5) is 4.79 Å². The lowest BCUT2D eigenvalue weighted by molar-refractivity contribution is -0.137. The molecule has 138 valence electrons. The summed E-state index contributed by atoms with van der Waals surface area (Å²) in [6.45, 7) is -0.166. The highest BCUT2D eigenvalue weighted by molar-refractivity contribution is 5.76. The number of amides is 3. The zero-order valence-corrected chi connectivity index (χ0v) is 14.8. The van der Waals surface area contributed by atoms with Gasteiger partial charge in [-0.3, -0.25) is 4.79 Å². The van der Waals surface area contributed by atoms with Gasteiger partial charge in [-0.05, 0) is 25.7 Å². The predicted molar refractivity (Wildman–Crippen MR) is 90.6 cm³/mol. The van der Waals surface area contributed by atoms with Gasteiger partial charge in [0.15, 0.2) is 0 Å². The number of aliphatic hydroxyl groups excluding tert-OH is 1. The Balaban J connectivity index is 1.78. The predicted octanol–water partition coefficient (Wildman–Crippen LogP) is 1.01. The lowest BCUT2D eigenvalue weighted by Gasteiger charge is -2.36. The average Bonchev–Trinajstić information content (AvgIpc) is 2.56. The number of carbonyl (C=O) groups is 2. The van der Waals surface area contributed by atoms with Crippen molar-refractivity contribution in [1.82, 2.24) is 15.5 Å². The maximum Gasteiger partial charge on any atom is 0.315 e. The summed E-state index contributed by atoms with van der Waals surface area (Å²) in [6.07, 6.45) is 6.70. The number of aliphatic hydroxyl groups is 1. The van der Waals surface area contributed by atoms with Crippen molar-refractivity contribution in [2.75, 3.05) is 20.7 Å². The SMILES string of the molecule is CN(C)C(=O)C[C@H]1CC[C@H](NC(=O)NC2CCCCC2)[C@H](CO)O1. The summed E-state index contributed by atoms with van der Waals surface area (Å²) in [5, 5.41) is 15.5. The maximum absolute atomic E-state index is 12.2. The number of hydrogen-bond acceptors (Lipinski definition) is 4. The Hall–Kier alpha value is -1.34. The molecule has 2 aliphatic rings. The van der Waals surface area contributed by atoms with Gasteiger partial charge in [-0.25, -0.2) is 4.79 Å². The molecule has 3 amide bonds. The maximum atomic E-state index is 12.2. The van der Waals surface area contributed by atoms with Gasteiger partial charge in [-0.2, -0.15) is 0 Å². The van der Waals surface area contributed by atoms with Crippen LogP contribution in [0.15, 0.2) is 0 Å². The van der Waals surface area contributed by atoms with Crippen LogP contribution in [0.1, 0.15) is 51.4 Å². The smallest absolute Gasteiger partial charge is 0.315 e. The number of hydrogen-bond donors (Lipinski definition) is 3. The van der Waals surface area contributed by atoms with Gasteiger partial charge >= 0.3 is 6.03 Å². The highest BCUT2D eigenvalue weighted by Crippen LogP contribution is 2.22. The van der Waals surface area contributed by atoms with E-state index in [0.29, 0.717) is 19.3 Å². The van der Waals surface area contributed by atoms with Gasteiger partial charge in [-0.1, -0.05) is 19.3 Å². The van der Waals surface area contributed by atoms with Crippen molar-refractivity contribution < 1.29 is 19.4 Å². The number of nitrogens with one attached hydrogen (secondary N) is 2. The molecular formula is C17H31N3O4. The zero-order valence-electron chi connectivity index (χ0n) is 14.8. The van der Waals surface area contributed by atoms with E-state index in [1.54, 1.807) is 19.0 Å². The standard InChI is InChI=1S/C17H31N3O4/c1-20(2)16(22)10-13-8-9-14(15(11-21)24-13)19-17(23)18-12-6-4-3-5-7-12/h12-15,21H,3-11H2,1-2H3,(H2,18,19,23)/t13-,14+,15+/m1/s1. The number of rotatable bonds is 5. The molecule has 2 fully saturated rings. The Labute approximate surface area is 144 Å². The first-order chi connectivity index (χ1) is 11.5. The van der Waals surface area contributed by atoms with Crippen LogP contribution in [0.3, 0.4) is 0 Å². The van der Waals surface area contributed by atoms with Gasteiger partial charge in [0.2, 0.25) is 5.91 Å². The third-order valence-electron chi connectivity index (χ3n) is 4.95. The van der Waals surface area contributed by atoms with E-state index in [4.69, 9.17) is 4.74 Å². The van der Waals surface area contributed by atoms with Crippen LogP contribution in [0.2, 0.25) is 0 Å². The van der Waals surface area contributed by atoms with Gasteiger partial charge < -0.3 is 25.4 Å². The topological polar surface area (TPSA) is 90.9 Å². The molecule has 0 bridgehead atoms. The second kappa shape index (κ2) is 9.22. The molecule has 3 atom stereocenters. The molecule has 7 heteroatoms. The molecule has 3 N–H and O–H groups in total. The fourth-order valence-corrected chi connectivity index (χ4v) is 3.47. The van der Waals surface area contributed by atoms with Crippen molar-refractivity contribution in [3.8, 4) is 0 Å². The summed E-state index contributed by atoms with van der Waals surface area (Å²) in [7, 11) is 3.43. The lowest BCUT2D eigenvalue weighted by Crippen LogP contribution is -2.55. The van der Waals surface area contributed by atoms with Crippen LogP contribution >= 0.6 is 0 Å². The molecule has 0 aromatic rings. The molecule has 24 heavy (non-hydrogen) atoms. The van der Waals surface area contributed by atoms with Crippen molar-refractivity contribution in [2.45, 2.75) is 75.7 Å². The minimum atomic E-state index is -0.462. The zero-order chi connectivity index (χ0) is 17.5. The van der Waals surface area contributed by atoms with Crippen molar-refractivity contribution in [2.24, 2.45) is 0 Å². The van der Waals surface area contributed by atoms with Crippen LogP contribution < -0.4 is 10.6 Å². The molecule has 2 rings (SSSR count). The largest absolute Gasteiger partial charge is 0.394 e. The van der Waals surface area contributed by atoms with Crippen molar-refractivity contribution >= 4 is 11.9 Å². The van der Waals surface area contributed by atoms with E-state index in [-0.39, 0.29) is 36.7 Å². The fourth-order valence-electron chi connectivity index (χ4n) is 3.47. The second-order valence-electron chi connectivity index (χ2n) is 7.11. The average molecular weight is 341 g/mol. The van der Waals surface area contributed by atoms with Gasteiger partial charge in [0.25, 0.3) is 0 Å². The first-order valence-electron chi connectivity index (χ1n) is 9.03.